The summed E-state index contributed by atoms with van der Waals surface area (Å²) in [5.74, 6) is 1.09. The van der Waals surface area contributed by atoms with Crippen LogP contribution in [0.2, 0.25) is 5.02 Å². The maximum atomic E-state index is 5.86. The number of hydrogen-bond donors (Lipinski definition) is 2. The van der Waals surface area contributed by atoms with Crippen LogP contribution >= 0.6 is 11.6 Å². The van der Waals surface area contributed by atoms with Crippen molar-refractivity contribution in [3.63, 3.8) is 0 Å². The van der Waals surface area contributed by atoms with E-state index in [0.29, 0.717) is 16.8 Å². The van der Waals surface area contributed by atoms with Gasteiger partial charge < -0.3 is 11.1 Å². The smallest absolute Gasteiger partial charge is 0.126 e. The molecule has 3 N–H and O–H groups in total. The molecule has 1 aromatic heterocycles. The van der Waals surface area contributed by atoms with Gasteiger partial charge >= 0.3 is 0 Å². The molecule has 13 heavy (non-hydrogen) atoms. The molecule has 0 aromatic carbocycles. The Hall–Kier alpha value is -0.800. The van der Waals surface area contributed by atoms with Crippen molar-refractivity contribution in [2.75, 3.05) is 18.8 Å². The van der Waals surface area contributed by atoms with E-state index in [2.05, 4.69) is 10.3 Å². The van der Waals surface area contributed by atoms with E-state index in [9.17, 15) is 0 Å². The fourth-order valence-electron chi connectivity index (χ4n) is 1.71. The first kappa shape index (κ1) is 8.78. The molecule has 0 bridgehead atoms. The van der Waals surface area contributed by atoms with Gasteiger partial charge in [-0.15, -0.1) is 0 Å². The molecule has 0 radical (unpaired) electrons. The Kier molecular flexibility index (Phi) is 2.38. The molecule has 70 valence electrons. The molecular formula is C9H12ClN3. The third kappa shape index (κ3) is 1.76. The number of nitrogens with two attached hydrogens (primary N) is 1. The minimum atomic E-state index is 0.478. The monoisotopic (exact) mass is 197 g/mol. The van der Waals surface area contributed by atoms with Crippen molar-refractivity contribution in [1.82, 2.24) is 10.3 Å². The lowest BCUT2D eigenvalue weighted by atomic mass is 9.99. The molecule has 0 amide bonds. The summed E-state index contributed by atoms with van der Waals surface area (Å²) in [7, 11) is 0. The lowest BCUT2D eigenvalue weighted by Crippen LogP contribution is -2.09. The lowest BCUT2D eigenvalue weighted by molar-refractivity contribution is 0.762. The summed E-state index contributed by atoms with van der Waals surface area (Å²) in [6.07, 6.45) is 2.70. The predicted octanol–water partition coefficient (Wildman–Crippen LogP) is 1.39. The zero-order chi connectivity index (χ0) is 9.26. The zero-order valence-corrected chi connectivity index (χ0v) is 8.01. The average Bonchev–Trinajstić information content (AvgIpc) is 2.61. The van der Waals surface area contributed by atoms with Gasteiger partial charge in [-0.05, 0) is 19.0 Å². The number of aromatic nitrogens is 1. The quantitative estimate of drug-likeness (QED) is 0.716. The van der Waals surface area contributed by atoms with E-state index < -0.39 is 0 Å². The largest absolute Gasteiger partial charge is 0.383 e. The topological polar surface area (TPSA) is 50.9 Å². The first-order valence-electron chi connectivity index (χ1n) is 4.39. The van der Waals surface area contributed by atoms with Crippen LogP contribution in [0.1, 0.15) is 17.9 Å². The molecule has 4 heteroatoms. The Bertz CT molecular complexity index is 308. The molecule has 2 heterocycles. The summed E-state index contributed by atoms with van der Waals surface area (Å²) in [4.78, 5) is 4.04. The zero-order valence-electron chi connectivity index (χ0n) is 7.26. The Morgan fingerprint density at radius 2 is 2.46 bits per heavy atom. The molecule has 2 rings (SSSR count). The molecular weight excluding hydrogens is 186 g/mol. The number of nitrogens with one attached hydrogen (secondary N) is 1. The van der Waals surface area contributed by atoms with Crippen molar-refractivity contribution >= 4 is 17.4 Å². The molecule has 1 aromatic rings. The Morgan fingerprint density at radius 1 is 1.62 bits per heavy atom. The second kappa shape index (κ2) is 3.52. The molecule has 1 atom stereocenters. The van der Waals surface area contributed by atoms with E-state index in [1.807, 2.05) is 6.07 Å². The minimum absolute atomic E-state index is 0.478. The number of rotatable bonds is 1. The highest BCUT2D eigenvalue weighted by Gasteiger charge is 2.19. The number of nitrogens with zero attached hydrogens (tertiary/aromatic N) is 1. The predicted molar refractivity (Wildman–Crippen MR) is 53.9 cm³/mol. The molecule has 1 unspecified atom stereocenters. The molecule has 3 nitrogen and oxygen atoms in total. The van der Waals surface area contributed by atoms with Crippen LogP contribution in [0.5, 0.6) is 0 Å². The molecule has 0 spiro atoms. The van der Waals surface area contributed by atoms with E-state index in [0.717, 1.165) is 25.1 Å². The van der Waals surface area contributed by atoms with Crippen LogP contribution in [-0.4, -0.2) is 18.1 Å². The van der Waals surface area contributed by atoms with E-state index in [4.69, 9.17) is 17.3 Å². The number of hydrogen-bond acceptors (Lipinski definition) is 3. The van der Waals surface area contributed by atoms with Gasteiger partial charge in [0.25, 0.3) is 0 Å². The Labute approximate surface area is 82.3 Å². The normalized spacial score (nSPS) is 22.1. The van der Waals surface area contributed by atoms with Crippen molar-refractivity contribution in [1.29, 1.82) is 0 Å². The molecule has 1 saturated heterocycles. The standard InChI is InChI=1S/C9H12ClN3/c10-7-3-8(9(11)13-5-7)6-1-2-12-4-6/h3,5-6,12H,1-2,4H2,(H2,11,13). The van der Waals surface area contributed by atoms with Gasteiger partial charge in [-0.1, -0.05) is 11.6 Å². The fourth-order valence-corrected chi connectivity index (χ4v) is 1.88. The van der Waals surface area contributed by atoms with Crippen LogP contribution in [-0.2, 0) is 0 Å². The molecule has 1 fully saturated rings. The molecule has 0 aliphatic carbocycles. The van der Waals surface area contributed by atoms with Crippen molar-refractivity contribution in [2.24, 2.45) is 0 Å². The molecule has 0 saturated carbocycles. The van der Waals surface area contributed by atoms with Gasteiger partial charge in [0.15, 0.2) is 0 Å². The van der Waals surface area contributed by atoms with Gasteiger partial charge in [-0.25, -0.2) is 4.98 Å². The van der Waals surface area contributed by atoms with E-state index in [1.54, 1.807) is 6.20 Å². The Balaban J connectivity index is 2.32. The first-order valence-corrected chi connectivity index (χ1v) is 4.77. The first-order chi connectivity index (χ1) is 6.27. The van der Waals surface area contributed by atoms with E-state index >= 15 is 0 Å². The van der Waals surface area contributed by atoms with Gasteiger partial charge in [0.1, 0.15) is 5.82 Å². The van der Waals surface area contributed by atoms with Gasteiger partial charge in [-0.2, -0.15) is 0 Å². The van der Waals surface area contributed by atoms with Crippen LogP contribution in [0, 0.1) is 0 Å². The number of halogens is 1. The summed E-state index contributed by atoms with van der Waals surface area (Å²) in [5, 5.41) is 3.95. The Morgan fingerprint density at radius 3 is 3.15 bits per heavy atom. The fraction of sp³-hybridized carbons (Fsp3) is 0.444. The third-order valence-electron chi connectivity index (χ3n) is 2.42. The summed E-state index contributed by atoms with van der Waals surface area (Å²) < 4.78 is 0. The van der Waals surface area contributed by atoms with Gasteiger partial charge in [0.2, 0.25) is 0 Å². The second-order valence-corrected chi connectivity index (χ2v) is 3.75. The van der Waals surface area contributed by atoms with Crippen LogP contribution in [0.3, 0.4) is 0 Å². The average molecular weight is 198 g/mol. The van der Waals surface area contributed by atoms with Crippen LogP contribution < -0.4 is 11.1 Å². The number of pyridine rings is 1. The van der Waals surface area contributed by atoms with E-state index in [-0.39, 0.29) is 0 Å². The lowest BCUT2D eigenvalue weighted by Gasteiger charge is -2.10. The van der Waals surface area contributed by atoms with Gasteiger partial charge in [0.05, 0.1) is 5.02 Å². The molecule has 1 aliphatic heterocycles. The van der Waals surface area contributed by atoms with Crippen LogP contribution in [0.15, 0.2) is 12.3 Å². The van der Waals surface area contributed by atoms with Crippen LogP contribution in [0.25, 0.3) is 0 Å². The highest BCUT2D eigenvalue weighted by atomic mass is 35.5. The van der Waals surface area contributed by atoms with Crippen molar-refractivity contribution in [2.45, 2.75) is 12.3 Å². The third-order valence-corrected chi connectivity index (χ3v) is 2.62. The SMILES string of the molecule is Nc1ncc(Cl)cc1C1CCNC1. The number of anilines is 1. The summed E-state index contributed by atoms with van der Waals surface area (Å²) in [6.45, 7) is 2.03. The maximum absolute atomic E-state index is 5.86. The highest BCUT2D eigenvalue weighted by molar-refractivity contribution is 6.30. The highest BCUT2D eigenvalue weighted by Crippen LogP contribution is 2.27. The minimum Gasteiger partial charge on any atom is -0.383 e. The molecule has 1 aliphatic rings. The van der Waals surface area contributed by atoms with Gasteiger partial charge in [-0.3, -0.25) is 0 Å². The summed E-state index contributed by atoms with van der Waals surface area (Å²) in [6, 6.07) is 1.92. The summed E-state index contributed by atoms with van der Waals surface area (Å²) >= 11 is 5.86. The van der Waals surface area contributed by atoms with Crippen molar-refractivity contribution in [3.8, 4) is 0 Å². The van der Waals surface area contributed by atoms with E-state index in [1.165, 1.54) is 0 Å². The van der Waals surface area contributed by atoms with Crippen molar-refractivity contribution in [3.05, 3.63) is 22.8 Å². The van der Waals surface area contributed by atoms with Crippen molar-refractivity contribution < 1.29 is 0 Å². The van der Waals surface area contributed by atoms with Crippen LogP contribution in [0.4, 0.5) is 5.82 Å². The summed E-state index contributed by atoms with van der Waals surface area (Å²) in [5.41, 5.74) is 6.85. The van der Waals surface area contributed by atoms with Gasteiger partial charge in [0, 0.05) is 24.2 Å². The number of nitrogen functional groups attached to an aromatic ring is 1. The maximum Gasteiger partial charge on any atom is 0.126 e. The second-order valence-electron chi connectivity index (χ2n) is 3.32.